The van der Waals surface area contributed by atoms with Crippen LogP contribution in [0.15, 0.2) is 30.6 Å². The van der Waals surface area contributed by atoms with Crippen molar-refractivity contribution in [1.82, 2.24) is 14.9 Å². The van der Waals surface area contributed by atoms with Crippen LogP contribution in [0.25, 0.3) is 0 Å². The Bertz CT molecular complexity index is 543. The van der Waals surface area contributed by atoms with Gasteiger partial charge >= 0.3 is 0 Å². The van der Waals surface area contributed by atoms with Gasteiger partial charge in [0.05, 0.1) is 6.04 Å². The van der Waals surface area contributed by atoms with Crippen LogP contribution in [0.5, 0.6) is 0 Å². The number of nitrogens with one attached hydrogen (secondary N) is 1. The van der Waals surface area contributed by atoms with E-state index >= 15 is 0 Å². The molecule has 0 saturated carbocycles. The fraction of sp³-hybridized carbons (Fsp3) is 0.438. The van der Waals surface area contributed by atoms with E-state index in [4.69, 9.17) is 0 Å². The summed E-state index contributed by atoms with van der Waals surface area (Å²) in [4.78, 5) is 4.39. The van der Waals surface area contributed by atoms with E-state index in [1.807, 2.05) is 13.2 Å². The van der Waals surface area contributed by atoms with Crippen LogP contribution in [0.2, 0.25) is 0 Å². The van der Waals surface area contributed by atoms with Crippen LogP contribution in [-0.4, -0.2) is 16.6 Å². The van der Waals surface area contributed by atoms with Crippen molar-refractivity contribution in [2.45, 2.75) is 39.8 Å². The van der Waals surface area contributed by atoms with Gasteiger partial charge in [-0.05, 0) is 32.0 Å². The summed E-state index contributed by atoms with van der Waals surface area (Å²) in [6.45, 7) is 7.38. The molecule has 0 aliphatic rings. The molecule has 1 aromatic heterocycles. The van der Waals surface area contributed by atoms with E-state index in [0.717, 1.165) is 18.8 Å². The maximum absolute atomic E-state index is 4.39. The summed E-state index contributed by atoms with van der Waals surface area (Å²) in [6.07, 6.45) is 4.92. The molecule has 0 spiro atoms. The normalized spacial score (nSPS) is 12.6. The van der Waals surface area contributed by atoms with Crippen molar-refractivity contribution in [3.63, 3.8) is 0 Å². The number of rotatable bonds is 5. The number of benzene rings is 1. The maximum Gasteiger partial charge on any atom is 0.108 e. The predicted molar refractivity (Wildman–Crippen MR) is 79.3 cm³/mol. The van der Waals surface area contributed by atoms with Gasteiger partial charge in [-0.25, -0.2) is 4.98 Å². The first-order valence-corrected chi connectivity index (χ1v) is 6.90. The molecule has 0 fully saturated rings. The van der Waals surface area contributed by atoms with Gasteiger partial charge in [-0.3, -0.25) is 0 Å². The number of hydrogen-bond acceptors (Lipinski definition) is 2. The van der Waals surface area contributed by atoms with Crippen LogP contribution in [0.4, 0.5) is 0 Å². The fourth-order valence-electron chi connectivity index (χ4n) is 2.50. The summed E-state index contributed by atoms with van der Waals surface area (Å²) in [6, 6.07) is 6.96. The molecule has 102 valence electrons. The lowest BCUT2D eigenvalue weighted by Crippen LogP contribution is -2.23. The summed E-state index contributed by atoms with van der Waals surface area (Å²) in [5, 5.41) is 3.43. The topological polar surface area (TPSA) is 29.9 Å². The maximum atomic E-state index is 4.39. The Labute approximate surface area is 115 Å². The fourth-order valence-corrected chi connectivity index (χ4v) is 2.50. The number of aromatic nitrogens is 2. The molecular weight excluding hydrogens is 234 g/mol. The zero-order valence-corrected chi connectivity index (χ0v) is 12.3. The van der Waals surface area contributed by atoms with Crippen molar-refractivity contribution in [1.29, 1.82) is 0 Å². The van der Waals surface area contributed by atoms with Gasteiger partial charge in [-0.15, -0.1) is 0 Å². The first-order chi connectivity index (χ1) is 9.15. The van der Waals surface area contributed by atoms with E-state index in [1.54, 1.807) is 0 Å². The monoisotopic (exact) mass is 257 g/mol. The molecule has 2 aromatic rings. The molecule has 1 unspecified atom stereocenters. The SMILES string of the molecule is CCc1nccn1CC(NC)c1cc(C)ccc1C. The molecule has 0 aliphatic heterocycles. The molecular formula is C16H23N3. The Morgan fingerprint density at radius 3 is 2.79 bits per heavy atom. The van der Waals surface area contributed by atoms with Crippen molar-refractivity contribution >= 4 is 0 Å². The Morgan fingerprint density at radius 2 is 2.11 bits per heavy atom. The summed E-state index contributed by atoms with van der Waals surface area (Å²) in [5.41, 5.74) is 4.02. The second-order valence-corrected chi connectivity index (χ2v) is 5.05. The first-order valence-electron chi connectivity index (χ1n) is 6.90. The largest absolute Gasteiger partial charge is 0.333 e. The molecule has 3 nitrogen and oxygen atoms in total. The third-order valence-corrected chi connectivity index (χ3v) is 3.66. The summed E-state index contributed by atoms with van der Waals surface area (Å²) < 4.78 is 2.24. The second kappa shape index (κ2) is 6.02. The first kappa shape index (κ1) is 13.8. The average Bonchev–Trinajstić information content (AvgIpc) is 2.86. The Hall–Kier alpha value is -1.61. The van der Waals surface area contributed by atoms with Crippen molar-refractivity contribution in [3.8, 4) is 0 Å². The number of aryl methyl sites for hydroxylation is 3. The van der Waals surface area contributed by atoms with E-state index in [0.29, 0.717) is 6.04 Å². The molecule has 1 atom stereocenters. The minimum Gasteiger partial charge on any atom is -0.333 e. The zero-order chi connectivity index (χ0) is 13.8. The Morgan fingerprint density at radius 1 is 1.32 bits per heavy atom. The molecule has 0 aliphatic carbocycles. The van der Waals surface area contributed by atoms with Crippen molar-refractivity contribution < 1.29 is 0 Å². The third-order valence-electron chi connectivity index (χ3n) is 3.66. The van der Waals surface area contributed by atoms with Gasteiger partial charge in [0.1, 0.15) is 5.82 Å². The van der Waals surface area contributed by atoms with Gasteiger partial charge in [-0.1, -0.05) is 30.7 Å². The smallest absolute Gasteiger partial charge is 0.108 e. The van der Waals surface area contributed by atoms with Gasteiger partial charge in [0.2, 0.25) is 0 Å². The second-order valence-electron chi connectivity index (χ2n) is 5.05. The lowest BCUT2D eigenvalue weighted by molar-refractivity contribution is 0.487. The van der Waals surface area contributed by atoms with Crippen LogP contribution in [0.3, 0.4) is 0 Å². The van der Waals surface area contributed by atoms with E-state index < -0.39 is 0 Å². The highest BCUT2D eigenvalue weighted by atomic mass is 15.1. The third kappa shape index (κ3) is 3.04. The minimum atomic E-state index is 0.319. The van der Waals surface area contributed by atoms with Crippen LogP contribution in [0.1, 0.15) is 35.5 Å². The zero-order valence-electron chi connectivity index (χ0n) is 12.3. The highest BCUT2D eigenvalue weighted by Crippen LogP contribution is 2.21. The standard InChI is InChI=1S/C16H23N3/c1-5-16-18-8-9-19(16)11-15(17-4)14-10-12(2)6-7-13(14)3/h6-10,15,17H,5,11H2,1-4H3. The van der Waals surface area contributed by atoms with E-state index in [-0.39, 0.29) is 0 Å². The Balaban J connectivity index is 2.27. The molecule has 1 N–H and O–H groups in total. The quantitative estimate of drug-likeness (QED) is 0.892. The number of imidazole rings is 1. The molecule has 2 rings (SSSR count). The van der Waals surface area contributed by atoms with Gasteiger partial charge in [0.25, 0.3) is 0 Å². The van der Waals surface area contributed by atoms with Crippen molar-refractivity contribution in [2.24, 2.45) is 0 Å². The van der Waals surface area contributed by atoms with Crippen LogP contribution in [0, 0.1) is 13.8 Å². The van der Waals surface area contributed by atoms with E-state index in [9.17, 15) is 0 Å². The highest BCUT2D eigenvalue weighted by molar-refractivity contribution is 5.33. The highest BCUT2D eigenvalue weighted by Gasteiger charge is 2.14. The molecule has 0 amide bonds. The average molecular weight is 257 g/mol. The van der Waals surface area contributed by atoms with Gasteiger partial charge < -0.3 is 9.88 Å². The van der Waals surface area contributed by atoms with Crippen LogP contribution < -0.4 is 5.32 Å². The lowest BCUT2D eigenvalue weighted by atomic mass is 9.99. The Kier molecular flexibility index (Phi) is 4.38. The molecule has 1 aromatic carbocycles. The summed E-state index contributed by atoms with van der Waals surface area (Å²) in [7, 11) is 2.02. The number of hydrogen-bond donors (Lipinski definition) is 1. The summed E-state index contributed by atoms with van der Waals surface area (Å²) >= 11 is 0. The summed E-state index contributed by atoms with van der Waals surface area (Å²) in [5.74, 6) is 1.14. The van der Waals surface area contributed by atoms with Gasteiger partial charge in [0, 0.05) is 25.4 Å². The number of nitrogens with zero attached hydrogens (tertiary/aromatic N) is 2. The molecule has 1 heterocycles. The molecule has 0 saturated heterocycles. The van der Waals surface area contributed by atoms with Crippen LogP contribution in [-0.2, 0) is 13.0 Å². The van der Waals surface area contributed by atoms with Crippen molar-refractivity contribution in [2.75, 3.05) is 7.05 Å². The predicted octanol–water partition coefficient (Wildman–Crippen LogP) is 3.02. The van der Waals surface area contributed by atoms with Crippen LogP contribution >= 0.6 is 0 Å². The molecule has 0 radical (unpaired) electrons. The van der Waals surface area contributed by atoms with E-state index in [2.05, 4.69) is 60.0 Å². The van der Waals surface area contributed by atoms with Gasteiger partial charge in [-0.2, -0.15) is 0 Å². The van der Waals surface area contributed by atoms with Gasteiger partial charge in [0.15, 0.2) is 0 Å². The number of likely N-dealkylation sites (N-methyl/N-ethyl adjacent to an activating group) is 1. The molecule has 19 heavy (non-hydrogen) atoms. The van der Waals surface area contributed by atoms with Crippen molar-refractivity contribution in [3.05, 3.63) is 53.1 Å². The molecule has 3 heteroatoms. The van der Waals surface area contributed by atoms with E-state index in [1.165, 1.54) is 16.7 Å². The molecule has 0 bridgehead atoms. The minimum absolute atomic E-state index is 0.319. The lowest BCUT2D eigenvalue weighted by Gasteiger charge is -2.21.